The first kappa shape index (κ1) is 24.1. The van der Waals surface area contributed by atoms with Crippen LogP contribution in [0.1, 0.15) is 12.0 Å². The second kappa shape index (κ2) is 11.3. The zero-order valence-electron chi connectivity index (χ0n) is 18.0. The van der Waals surface area contributed by atoms with Crippen LogP contribution in [0.4, 0.5) is 0 Å². The number of amides is 2. The van der Waals surface area contributed by atoms with Gasteiger partial charge in [0.05, 0.1) is 11.7 Å². The highest BCUT2D eigenvalue weighted by Crippen LogP contribution is 2.24. The van der Waals surface area contributed by atoms with Crippen LogP contribution in [0, 0.1) is 0 Å². The van der Waals surface area contributed by atoms with Gasteiger partial charge in [-0.3, -0.25) is 14.6 Å². The average molecular weight is 512 g/mol. The summed E-state index contributed by atoms with van der Waals surface area (Å²) in [6.45, 7) is 0.963. The van der Waals surface area contributed by atoms with E-state index in [9.17, 15) is 9.59 Å². The van der Waals surface area contributed by atoms with Crippen molar-refractivity contribution in [1.82, 2.24) is 4.90 Å². The Balaban J connectivity index is 1.76. The first-order valence-electron chi connectivity index (χ1n) is 10.4. The summed E-state index contributed by atoms with van der Waals surface area (Å²) in [5.41, 5.74) is 18.6. The van der Waals surface area contributed by atoms with Crippen LogP contribution in [0.25, 0.3) is 5.70 Å². The Labute approximate surface area is 200 Å². The third-order valence-electron chi connectivity index (χ3n) is 5.06. The zero-order chi connectivity index (χ0) is 23.8. The van der Waals surface area contributed by atoms with E-state index in [1.165, 1.54) is 6.08 Å². The van der Waals surface area contributed by atoms with Gasteiger partial charge in [0.25, 0.3) is 5.91 Å². The predicted octanol–water partition coefficient (Wildman–Crippen LogP) is 2.54. The fourth-order valence-corrected chi connectivity index (χ4v) is 3.61. The maximum atomic E-state index is 12.1. The van der Waals surface area contributed by atoms with E-state index in [0.717, 1.165) is 0 Å². The fraction of sp³-hybridized carbons (Fsp3) is 0.208. The van der Waals surface area contributed by atoms with E-state index in [-0.39, 0.29) is 29.1 Å². The molecule has 1 atom stereocenters. The number of aliphatic imine (C=N–C) groups is 1. The minimum absolute atomic E-state index is 0.0417. The zero-order valence-corrected chi connectivity index (χ0v) is 19.6. The number of benzene rings is 2. The predicted molar refractivity (Wildman–Crippen MR) is 133 cm³/mol. The summed E-state index contributed by atoms with van der Waals surface area (Å²) < 4.78 is 5.77. The molecular weight excluding hydrogens is 486 g/mol. The highest BCUT2D eigenvalue weighted by atomic mass is 79.9. The quantitative estimate of drug-likeness (QED) is 0.216. The number of primary amides is 1. The van der Waals surface area contributed by atoms with Crippen LogP contribution in [-0.4, -0.2) is 47.0 Å². The van der Waals surface area contributed by atoms with Gasteiger partial charge in [-0.25, -0.2) is 0 Å². The first-order valence-corrected chi connectivity index (χ1v) is 11.5. The van der Waals surface area contributed by atoms with Gasteiger partial charge in [0.2, 0.25) is 5.91 Å². The van der Waals surface area contributed by atoms with Crippen LogP contribution in [0.2, 0.25) is 0 Å². The summed E-state index contributed by atoms with van der Waals surface area (Å²) in [6.07, 6.45) is 3.88. The standard InChI is InChI=1S/C24H26BrN5O3/c25-13-4-7-20(31)30-14-12-17(15-30)29-23(27)21(24(28)32)22(26)16-8-10-19(11-9-16)33-18-5-2-1-3-6-18/h1-11,17H,12-15,26H2,(H2,27,29)(H2,28,32)/b7-4+,22-21?/t17-/m1/s1. The van der Waals surface area contributed by atoms with Crippen molar-refractivity contribution in [2.24, 2.45) is 22.2 Å². The second-order valence-corrected chi connectivity index (χ2v) is 8.04. The van der Waals surface area contributed by atoms with E-state index >= 15 is 0 Å². The number of hydrogen-bond donors (Lipinski definition) is 3. The van der Waals surface area contributed by atoms with Gasteiger partial charge in [-0.2, -0.15) is 0 Å². The number of carbonyl (C=O) groups is 2. The number of para-hydroxylation sites is 1. The molecule has 0 aromatic heterocycles. The molecule has 1 saturated heterocycles. The Morgan fingerprint density at radius 2 is 1.73 bits per heavy atom. The van der Waals surface area contributed by atoms with E-state index in [1.54, 1.807) is 35.2 Å². The van der Waals surface area contributed by atoms with Crippen molar-refractivity contribution in [3.63, 3.8) is 0 Å². The average Bonchev–Trinajstić information content (AvgIpc) is 3.27. The number of amidine groups is 1. The number of hydrogen-bond acceptors (Lipinski definition) is 5. The lowest BCUT2D eigenvalue weighted by Crippen LogP contribution is -2.32. The Bertz CT molecular complexity index is 1080. The van der Waals surface area contributed by atoms with Gasteiger partial charge >= 0.3 is 0 Å². The molecule has 172 valence electrons. The molecule has 33 heavy (non-hydrogen) atoms. The van der Waals surface area contributed by atoms with Gasteiger partial charge in [0.1, 0.15) is 22.9 Å². The van der Waals surface area contributed by atoms with E-state index < -0.39 is 5.91 Å². The number of nitrogens with two attached hydrogens (primary N) is 3. The lowest BCUT2D eigenvalue weighted by Gasteiger charge is -2.14. The highest BCUT2D eigenvalue weighted by molar-refractivity contribution is 9.09. The van der Waals surface area contributed by atoms with Crippen LogP contribution < -0.4 is 21.9 Å². The molecule has 2 amide bonds. The van der Waals surface area contributed by atoms with Crippen LogP contribution in [-0.2, 0) is 9.59 Å². The molecule has 0 saturated carbocycles. The topological polar surface area (TPSA) is 137 Å². The summed E-state index contributed by atoms with van der Waals surface area (Å²) >= 11 is 3.25. The number of nitrogens with zero attached hydrogens (tertiary/aromatic N) is 2. The van der Waals surface area contributed by atoms with Crippen molar-refractivity contribution in [2.75, 3.05) is 18.4 Å². The maximum Gasteiger partial charge on any atom is 0.254 e. The summed E-state index contributed by atoms with van der Waals surface area (Å²) in [5, 5.41) is 0.604. The van der Waals surface area contributed by atoms with Crippen LogP contribution in [0.3, 0.4) is 0 Å². The number of rotatable bonds is 8. The van der Waals surface area contributed by atoms with Gasteiger partial charge in [-0.05, 0) is 54.5 Å². The number of alkyl halides is 1. The Morgan fingerprint density at radius 1 is 1.06 bits per heavy atom. The maximum absolute atomic E-state index is 12.1. The molecule has 2 aromatic carbocycles. The van der Waals surface area contributed by atoms with Gasteiger partial charge < -0.3 is 26.8 Å². The van der Waals surface area contributed by atoms with Gasteiger partial charge in [-0.1, -0.05) is 40.2 Å². The van der Waals surface area contributed by atoms with Crippen molar-refractivity contribution in [3.05, 3.63) is 77.9 Å². The van der Waals surface area contributed by atoms with E-state index in [4.69, 9.17) is 21.9 Å². The molecule has 1 heterocycles. The normalized spacial score (nSPS) is 17.2. The van der Waals surface area contributed by atoms with Crippen molar-refractivity contribution in [2.45, 2.75) is 12.5 Å². The Kier molecular flexibility index (Phi) is 8.26. The molecule has 9 heteroatoms. The van der Waals surface area contributed by atoms with E-state index in [0.29, 0.717) is 41.9 Å². The fourth-order valence-electron chi connectivity index (χ4n) is 3.43. The highest BCUT2D eigenvalue weighted by Gasteiger charge is 2.26. The van der Waals surface area contributed by atoms with Crippen molar-refractivity contribution in [1.29, 1.82) is 0 Å². The summed E-state index contributed by atoms with van der Waals surface area (Å²) in [6, 6.07) is 16.0. The largest absolute Gasteiger partial charge is 0.457 e. The number of halogens is 1. The van der Waals surface area contributed by atoms with Crippen molar-refractivity contribution < 1.29 is 14.3 Å². The number of carbonyl (C=O) groups excluding carboxylic acids is 2. The Morgan fingerprint density at radius 3 is 2.36 bits per heavy atom. The number of likely N-dealkylation sites (tertiary alicyclic amines) is 1. The van der Waals surface area contributed by atoms with Crippen LogP contribution >= 0.6 is 15.9 Å². The molecule has 1 aliphatic rings. The third kappa shape index (κ3) is 6.45. The van der Waals surface area contributed by atoms with E-state index in [2.05, 4.69) is 20.9 Å². The monoisotopic (exact) mass is 511 g/mol. The molecule has 1 aliphatic heterocycles. The SMILES string of the molecule is NC(=O)C(C(N)=N[C@@H]1CCN(C(=O)/C=C/CBr)C1)=C(N)c1ccc(Oc2ccccc2)cc1. The molecule has 0 spiro atoms. The second-order valence-electron chi connectivity index (χ2n) is 7.39. The van der Waals surface area contributed by atoms with E-state index in [1.807, 2.05) is 30.3 Å². The lowest BCUT2D eigenvalue weighted by atomic mass is 10.0. The summed E-state index contributed by atoms with van der Waals surface area (Å²) in [7, 11) is 0. The third-order valence-corrected chi connectivity index (χ3v) is 5.44. The van der Waals surface area contributed by atoms with Gasteiger partial charge in [0, 0.05) is 18.4 Å². The minimum Gasteiger partial charge on any atom is -0.457 e. The molecule has 8 nitrogen and oxygen atoms in total. The molecule has 3 rings (SSSR count). The van der Waals surface area contributed by atoms with Gasteiger partial charge in [-0.15, -0.1) is 0 Å². The molecule has 1 fully saturated rings. The molecule has 6 N–H and O–H groups in total. The molecule has 0 radical (unpaired) electrons. The van der Waals surface area contributed by atoms with Crippen molar-refractivity contribution in [3.8, 4) is 11.5 Å². The summed E-state index contributed by atoms with van der Waals surface area (Å²) in [4.78, 5) is 30.4. The number of allylic oxidation sites excluding steroid dienone is 1. The molecular formula is C24H26BrN5O3. The van der Waals surface area contributed by atoms with Crippen molar-refractivity contribution >= 4 is 39.3 Å². The van der Waals surface area contributed by atoms with Crippen LogP contribution in [0.5, 0.6) is 11.5 Å². The summed E-state index contributed by atoms with van der Waals surface area (Å²) in [5.74, 6) is 0.414. The first-order chi connectivity index (χ1) is 15.9. The smallest absolute Gasteiger partial charge is 0.254 e. The van der Waals surface area contributed by atoms with Gasteiger partial charge in [0.15, 0.2) is 0 Å². The molecule has 2 aromatic rings. The molecule has 0 bridgehead atoms. The minimum atomic E-state index is -0.774. The molecule has 0 unspecified atom stereocenters. The Hall–Kier alpha value is -3.59. The van der Waals surface area contributed by atoms with Crippen LogP contribution in [0.15, 0.2) is 77.3 Å². The lowest BCUT2D eigenvalue weighted by molar-refractivity contribution is -0.125. The molecule has 0 aliphatic carbocycles. The number of ether oxygens (including phenoxy) is 1.